The maximum atomic E-state index is 13.5. The number of ketones is 1. The van der Waals surface area contributed by atoms with Crippen LogP contribution in [-0.2, 0) is 25.7 Å². The highest BCUT2D eigenvalue weighted by Gasteiger charge is 2.48. The molecular weight excluding hydrogens is 626 g/mol. The van der Waals surface area contributed by atoms with Crippen molar-refractivity contribution >= 4 is 57.7 Å². The van der Waals surface area contributed by atoms with Crippen molar-refractivity contribution in [1.82, 2.24) is 20.5 Å². The Balaban J connectivity index is 1.14. The summed E-state index contributed by atoms with van der Waals surface area (Å²) in [6.07, 6.45) is 6.76. The summed E-state index contributed by atoms with van der Waals surface area (Å²) in [5, 5.41) is 11.2. The lowest BCUT2D eigenvalue weighted by Gasteiger charge is -2.54. The lowest BCUT2D eigenvalue weighted by Crippen LogP contribution is -2.56. The van der Waals surface area contributed by atoms with Crippen molar-refractivity contribution in [1.29, 1.82) is 0 Å². The molecule has 4 aliphatic rings. The molecule has 2 aromatic heterocycles. The van der Waals surface area contributed by atoms with Gasteiger partial charge in [-0.2, -0.15) is 0 Å². The Labute approximate surface area is 276 Å². The zero-order chi connectivity index (χ0) is 33.2. The summed E-state index contributed by atoms with van der Waals surface area (Å²) in [5.74, 6) is -1.18. The number of likely N-dealkylation sites (N-methyl/N-ethyl adjacent to an activating group) is 1. The van der Waals surface area contributed by atoms with Gasteiger partial charge in [-0.15, -0.1) is 0 Å². The Morgan fingerprint density at radius 2 is 1.68 bits per heavy atom. The van der Waals surface area contributed by atoms with Crippen molar-refractivity contribution in [3.05, 3.63) is 63.7 Å². The van der Waals surface area contributed by atoms with Crippen LogP contribution >= 0.6 is 11.6 Å². The van der Waals surface area contributed by atoms with Gasteiger partial charge >= 0.3 is 0 Å². The number of carbonyl (C=O) groups is 5. The fraction of sp³-hybridized carbons (Fsp3) is 0.471. The predicted octanol–water partition coefficient (Wildman–Crippen LogP) is 3.41. The second-order valence-electron chi connectivity index (χ2n) is 13.0. The highest BCUT2D eigenvalue weighted by molar-refractivity contribution is 6.38. The number of fused-ring (bicyclic) bond motifs is 1. The molecule has 0 radical (unpaired) electrons. The van der Waals surface area contributed by atoms with E-state index in [0.29, 0.717) is 22.8 Å². The van der Waals surface area contributed by atoms with Crippen LogP contribution in [0.25, 0.3) is 11.0 Å². The van der Waals surface area contributed by atoms with Gasteiger partial charge in [-0.05, 0) is 93.4 Å². The quantitative estimate of drug-likeness (QED) is 0.215. The molecule has 4 aliphatic carbocycles. The molecule has 4 bridgehead atoms. The molecule has 0 saturated heterocycles. The molecule has 4 fully saturated rings. The highest BCUT2D eigenvalue weighted by Crippen LogP contribution is 2.53. The van der Waals surface area contributed by atoms with Crippen LogP contribution in [0.1, 0.15) is 62.4 Å². The van der Waals surface area contributed by atoms with Crippen molar-refractivity contribution in [2.45, 2.75) is 70.5 Å². The molecule has 248 valence electrons. The minimum absolute atomic E-state index is 0.0496. The first kappa shape index (κ1) is 32.5. The number of amides is 4. The van der Waals surface area contributed by atoms with Crippen LogP contribution in [-0.4, -0.2) is 52.6 Å². The van der Waals surface area contributed by atoms with Gasteiger partial charge in [-0.3, -0.25) is 28.8 Å². The van der Waals surface area contributed by atoms with Gasteiger partial charge in [0.25, 0.3) is 17.4 Å². The largest absolute Gasteiger partial charge is 0.449 e. The predicted molar refractivity (Wildman–Crippen MR) is 174 cm³/mol. The average Bonchev–Trinajstić information content (AvgIpc) is 3.38. The smallest absolute Gasteiger partial charge is 0.289 e. The number of nitrogens with one attached hydrogen (secondary N) is 4. The molecular formula is C34H38ClN5O7. The Morgan fingerprint density at radius 1 is 0.979 bits per heavy atom. The number of para-hydroxylation sites is 1. The van der Waals surface area contributed by atoms with E-state index in [1.807, 2.05) is 0 Å². The van der Waals surface area contributed by atoms with Crippen LogP contribution < -0.4 is 26.8 Å². The Bertz CT molecular complexity index is 1750. The third-order valence-electron chi connectivity index (χ3n) is 9.76. The van der Waals surface area contributed by atoms with Crippen molar-refractivity contribution in [2.24, 2.45) is 23.7 Å². The van der Waals surface area contributed by atoms with Crippen LogP contribution in [0.5, 0.6) is 0 Å². The number of hydrogen-bond acceptors (Lipinski definition) is 7. The first-order valence-electron chi connectivity index (χ1n) is 16.2. The molecule has 0 aliphatic heterocycles. The molecule has 2 heterocycles. The van der Waals surface area contributed by atoms with E-state index in [9.17, 15) is 28.8 Å². The van der Waals surface area contributed by atoms with E-state index in [2.05, 4.69) is 21.3 Å². The van der Waals surface area contributed by atoms with Gasteiger partial charge in [0, 0.05) is 30.6 Å². The highest BCUT2D eigenvalue weighted by atomic mass is 35.5. The third kappa shape index (κ3) is 6.97. The first-order chi connectivity index (χ1) is 22.6. The van der Waals surface area contributed by atoms with Crippen molar-refractivity contribution in [3.63, 3.8) is 0 Å². The van der Waals surface area contributed by atoms with Gasteiger partial charge in [0.2, 0.25) is 23.4 Å². The lowest BCUT2D eigenvalue weighted by molar-refractivity contribution is -0.138. The van der Waals surface area contributed by atoms with Crippen LogP contribution in [0.3, 0.4) is 0 Å². The summed E-state index contributed by atoms with van der Waals surface area (Å²) >= 11 is 6.39. The van der Waals surface area contributed by atoms with E-state index in [1.165, 1.54) is 29.3 Å². The summed E-state index contributed by atoms with van der Waals surface area (Å²) in [7, 11) is 0. The van der Waals surface area contributed by atoms with Crippen LogP contribution in [0.15, 0.2) is 51.8 Å². The molecule has 4 saturated carbocycles. The van der Waals surface area contributed by atoms with Crippen LogP contribution in [0.2, 0.25) is 5.02 Å². The van der Waals surface area contributed by atoms with E-state index in [4.69, 9.17) is 16.0 Å². The minimum atomic E-state index is -1.35. The minimum Gasteiger partial charge on any atom is -0.449 e. The summed E-state index contributed by atoms with van der Waals surface area (Å²) in [5.41, 5.74) is -0.354. The van der Waals surface area contributed by atoms with Gasteiger partial charge in [0.1, 0.15) is 23.9 Å². The number of furan rings is 1. The van der Waals surface area contributed by atoms with E-state index in [0.717, 1.165) is 37.5 Å². The number of nitrogens with zero attached hydrogens (tertiary/aromatic N) is 1. The molecule has 1 atom stereocenters. The monoisotopic (exact) mass is 663 g/mol. The molecule has 47 heavy (non-hydrogen) atoms. The summed E-state index contributed by atoms with van der Waals surface area (Å²) in [6, 6.07) is 8.46. The molecule has 3 aromatic rings. The van der Waals surface area contributed by atoms with E-state index in [-0.39, 0.29) is 54.4 Å². The molecule has 12 nitrogen and oxygen atoms in total. The number of Topliss-reactive ketones (excluding diaryl/α,β-unsaturated/α-hetero) is 1. The molecule has 1 aromatic carbocycles. The Morgan fingerprint density at radius 3 is 2.36 bits per heavy atom. The molecule has 7 rings (SSSR count). The number of rotatable bonds is 12. The van der Waals surface area contributed by atoms with E-state index in [1.54, 1.807) is 31.2 Å². The normalized spacial score (nSPS) is 23.2. The van der Waals surface area contributed by atoms with Crippen molar-refractivity contribution in [3.8, 4) is 0 Å². The molecule has 13 heteroatoms. The van der Waals surface area contributed by atoms with Crippen LogP contribution in [0, 0.1) is 23.7 Å². The number of benzene rings is 1. The van der Waals surface area contributed by atoms with E-state index < -0.39 is 35.1 Å². The zero-order valence-electron chi connectivity index (χ0n) is 26.1. The second kappa shape index (κ2) is 13.7. The molecule has 0 spiro atoms. The zero-order valence-corrected chi connectivity index (χ0v) is 26.8. The number of carbonyl (C=O) groups excluding carboxylic acids is 5. The summed E-state index contributed by atoms with van der Waals surface area (Å²) in [4.78, 5) is 77.6. The van der Waals surface area contributed by atoms with Gasteiger partial charge in [0.05, 0.1) is 5.02 Å². The summed E-state index contributed by atoms with van der Waals surface area (Å²) < 4.78 is 6.84. The second-order valence-corrected chi connectivity index (χ2v) is 13.3. The van der Waals surface area contributed by atoms with Crippen molar-refractivity contribution in [2.75, 3.05) is 11.9 Å². The maximum absolute atomic E-state index is 13.5. The molecule has 4 amide bonds. The van der Waals surface area contributed by atoms with Gasteiger partial charge in [-0.25, -0.2) is 0 Å². The Hall–Kier alpha value is -4.45. The lowest BCUT2D eigenvalue weighted by atomic mass is 9.54. The fourth-order valence-corrected chi connectivity index (χ4v) is 8.10. The number of halogens is 1. The average molecular weight is 664 g/mol. The van der Waals surface area contributed by atoms with Crippen LogP contribution in [0.4, 0.5) is 5.69 Å². The molecule has 0 unspecified atom stereocenters. The number of pyridine rings is 1. The third-order valence-corrected chi connectivity index (χ3v) is 10.1. The molecule has 4 N–H and O–H groups in total. The van der Waals surface area contributed by atoms with Crippen molar-refractivity contribution < 1.29 is 28.4 Å². The van der Waals surface area contributed by atoms with Gasteiger partial charge < -0.3 is 30.3 Å². The standard InChI is InChI=1S/C34H38ClN5O7/c1-2-36-32(44)25(41)10-9-23(37-33(45)30-28(35)22-6-3-4-8-26(22)47-30)31(43)38-24-7-5-11-40(34(24)46)17-27(42)39-29-20-13-18-12-19(15-20)16-21(29)14-18/h3-8,11,18-21,23,29H,2,9-10,12-17H2,1H3,(H,36,44)(H,37,45)(H,38,43)(H,39,42)/t18?,19?,20?,21?,23-,29?/m0/s1. The maximum Gasteiger partial charge on any atom is 0.289 e. The fourth-order valence-electron chi connectivity index (χ4n) is 7.82. The number of aromatic nitrogens is 1. The summed E-state index contributed by atoms with van der Waals surface area (Å²) in [6.45, 7) is 1.70. The number of anilines is 1. The topological polar surface area (TPSA) is 169 Å². The Kier molecular flexibility index (Phi) is 9.49. The van der Waals surface area contributed by atoms with Gasteiger partial charge in [0.15, 0.2) is 0 Å². The SMILES string of the molecule is CCNC(=O)C(=O)CC[C@H](NC(=O)c1oc2ccccc2c1Cl)C(=O)Nc1cccn(CC(=O)NC2C3CC4CC(C3)CC2C4)c1=O. The van der Waals surface area contributed by atoms with Gasteiger partial charge in [-0.1, -0.05) is 23.7 Å². The van der Waals surface area contributed by atoms with E-state index >= 15 is 0 Å². The number of hydrogen-bond donors (Lipinski definition) is 4. The first-order valence-corrected chi connectivity index (χ1v) is 16.6.